The third kappa shape index (κ3) is 6.59. The van der Waals surface area contributed by atoms with Gasteiger partial charge in [0, 0.05) is 6.42 Å². The van der Waals surface area contributed by atoms with Gasteiger partial charge in [0.25, 0.3) is 5.91 Å². The second-order valence-electron chi connectivity index (χ2n) is 6.55. The number of nitrogens with one attached hydrogen (secondary N) is 1. The molecule has 1 N–H and O–H groups in total. The first kappa shape index (κ1) is 20.1. The van der Waals surface area contributed by atoms with E-state index in [1.165, 1.54) is 6.92 Å². The van der Waals surface area contributed by atoms with Crippen molar-refractivity contribution in [1.82, 2.24) is 5.32 Å². The van der Waals surface area contributed by atoms with Gasteiger partial charge in [-0.25, -0.2) is 8.42 Å². The Morgan fingerprint density at radius 3 is 2.50 bits per heavy atom. The van der Waals surface area contributed by atoms with Crippen LogP contribution in [-0.2, 0) is 35.4 Å². The summed E-state index contributed by atoms with van der Waals surface area (Å²) in [6.07, 6.45) is 0.773. The molecule has 0 spiro atoms. The predicted molar refractivity (Wildman–Crippen MR) is 95.1 cm³/mol. The number of sulfone groups is 1. The number of amides is 1. The van der Waals surface area contributed by atoms with Gasteiger partial charge in [-0.05, 0) is 31.2 Å². The number of rotatable bonds is 8. The van der Waals surface area contributed by atoms with Crippen molar-refractivity contribution in [2.75, 3.05) is 18.1 Å². The van der Waals surface area contributed by atoms with Crippen LogP contribution in [0.15, 0.2) is 30.3 Å². The minimum absolute atomic E-state index is 0.0161. The Kier molecular flexibility index (Phi) is 6.90. The van der Waals surface area contributed by atoms with Gasteiger partial charge in [-0.1, -0.05) is 30.3 Å². The van der Waals surface area contributed by atoms with Crippen LogP contribution in [0.5, 0.6) is 0 Å². The molecule has 142 valence electrons. The fraction of sp³-hybridized carbons (Fsp3) is 0.500. The molecule has 1 aliphatic rings. The molecule has 0 unspecified atom stereocenters. The number of hydrogen-bond acceptors (Lipinski definition) is 6. The van der Waals surface area contributed by atoms with Gasteiger partial charge in [0.1, 0.15) is 0 Å². The Hall–Kier alpha value is -2.22. The lowest BCUT2D eigenvalue weighted by molar-refractivity contribution is -0.149. The van der Waals surface area contributed by atoms with E-state index in [-0.39, 0.29) is 29.6 Å². The number of ketones is 1. The molecule has 0 aromatic heterocycles. The van der Waals surface area contributed by atoms with Gasteiger partial charge < -0.3 is 10.1 Å². The first-order valence-electron chi connectivity index (χ1n) is 8.45. The molecule has 0 saturated carbocycles. The van der Waals surface area contributed by atoms with Crippen molar-refractivity contribution < 1.29 is 27.5 Å². The van der Waals surface area contributed by atoms with E-state index < -0.39 is 34.4 Å². The summed E-state index contributed by atoms with van der Waals surface area (Å²) in [7, 11) is -3.05. The van der Waals surface area contributed by atoms with Crippen molar-refractivity contribution in [3.05, 3.63) is 35.9 Å². The van der Waals surface area contributed by atoms with Crippen molar-refractivity contribution in [3.8, 4) is 0 Å². The van der Waals surface area contributed by atoms with Crippen LogP contribution in [0.25, 0.3) is 0 Å². The van der Waals surface area contributed by atoms with E-state index >= 15 is 0 Å². The standard InChI is InChI=1S/C18H23NO6S/c1-13(20)16(9-14-5-3-2-4-6-14)19-17(21)11-25-18(22)10-15-7-8-26(23,24)12-15/h2-6,15-16H,7-12H2,1H3,(H,19,21)/t15-,16+/m1/s1. The Labute approximate surface area is 153 Å². The fourth-order valence-electron chi connectivity index (χ4n) is 2.86. The molecule has 1 fully saturated rings. The Morgan fingerprint density at radius 1 is 1.23 bits per heavy atom. The van der Waals surface area contributed by atoms with Crippen molar-refractivity contribution in [2.24, 2.45) is 5.92 Å². The summed E-state index contributed by atoms with van der Waals surface area (Å²) >= 11 is 0. The smallest absolute Gasteiger partial charge is 0.306 e. The molecule has 1 amide bonds. The third-order valence-electron chi connectivity index (χ3n) is 4.25. The number of esters is 1. The van der Waals surface area contributed by atoms with Gasteiger partial charge in [-0.3, -0.25) is 14.4 Å². The molecule has 1 heterocycles. The minimum Gasteiger partial charge on any atom is -0.456 e. The van der Waals surface area contributed by atoms with Gasteiger partial charge in [0.05, 0.1) is 17.5 Å². The first-order valence-corrected chi connectivity index (χ1v) is 10.3. The van der Waals surface area contributed by atoms with Gasteiger partial charge >= 0.3 is 5.97 Å². The Balaban J connectivity index is 1.77. The zero-order valence-corrected chi connectivity index (χ0v) is 15.5. The maximum atomic E-state index is 12.0. The molecule has 1 saturated heterocycles. The van der Waals surface area contributed by atoms with Crippen molar-refractivity contribution in [1.29, 1.82) is 0 Å². The highest BCUT2D eigenvalue weighted by Gasteiger charge is 2.30. The molecule has 0 bridgehead atoms. The second-order valence-corrected chi connectivity index (χ2v) is 8.78. The quantitative estimate of drug-likeness (QED) is 0.664. The number of hydrogen-bond donors (Lipinski definition) is 1. The number of Topliss-reactive ketones (excluding diaryl/α,β-unsaturated/α-hetero) is 1. The van der Waals surface area contributed by atoms with E-state index in [4.69, 9.17) is 4.74 Å². The second kappa shape index (κ2) is 8.93. The molecule has 2 atom stereocenters. The van der Waals surface area contributed by atoms with Crippen LogP contribution in [0.2, 0.25) is 0 Å². The largest absolute Gasteiger partial charge is 0.456 e. The Bertz CT molecular complexity index is 759. The molecule has 2 rings (SSSR count). The van der Waals surface area contributed by atoms with E-state index in [1.54, 1.807) is 0 Å². The van der Waals surface area contributed by atoms with Gasteiger partial charge in [-0.2, -0.15) is 0 Å². The van der Waals surface area contributed by atoms with Crippen LogP contribution in [-0.4, -0.2) is 50.2 Å². The van der Waals surface area contributed by atoms with E-state index in [1.807, 2.05) is 30.3 Å². The number of carbonyl (C=O) groups excluding carboxylic acids is 3. The lowest BCUT2D eigenvalue weighted by atomic mass is 10.0. The molecular formula is C18H23NO6S. The van der Waals surface area contributed by atoms with Crippen molar-refractivity contribution in [3.63, 3.8) is 0 Å². The lowest BCUT2D eigenvalue weighted by Gasteiger charge is -2.16. The average Bonchev–Trinajstić information content (AvgIpc) is 2.91. The van der Waals surface area contributed by atoms with Crippen LogP contribution >= 0.6 is 0 Å². The summed E-state index contributed by atoms with van der Waals surface area (Å²) in [4.78, 5) is 35.5. The van der Waals surface area contributed by atoms with Crippen LogP contribution in [0, 0.1) is 5.92 Å². The summed E-state index contributed by atoms with van der Waals surface area (Å²) in [5.41, 5.74) is 0.910. The van der Waals surface area contributed by atoms with E-state index in [9.17, 15) is 22.8 Å². The highest BCUT2D eigenvalue weighted by atomic mass is 32.2. The minimum atomic E-state index is -3.05. The maximum absolute atomic E-state index is 12.0. The molecular weight excluding hydrogens is 358 g/mol. The van der Waals surface area contributed by atoms with Gasteiger partial charge in [-0.15, -0.1) is 0 Å². The summed E-state index contributed by atoms with van der Waals surface area (Å²) in [6, 6.07) is 8.58. The maximum Gasteiger partial charge on any atom is 0.306 e. The van der Waals surface area contributed by atoms with Gasteiger partial charge in [0.2, 0.25) is 0 Å². The SMILES string of the molecule is CC(=O)[C@H](Cc1ccccc1)NC(=O)COC(=O)C[C@H]1CCS(=O)(=O)C1. The molecule has 26 heavy (non-hydrogen) atoms. The molecule has 1 aliphatic heterocycles. The molecule has 1 aromatic rings. The predicted octanol–water partition coefficient (Wildman–Crippen LogP) is 0.671. The van der Waals surface area contributed by atoms with E-state index in [0.717, 1.165) is 5.56 Å². The highest BCUT2D eigenvalue weighted by Crippen LogP contribution is 2.21. The van der Waals surface area contributed by atoms with Crippen LogP contribution < -0.4 is 5.32 Å². The average molecular weight is 381 g/mol. The normalized spacial score (nSPS) is 19.5. The number of carbonyl (C=O) groups is 3. The number of ether oxygens (including phenoxy) is 1. The summed E-state index contributed by atoms with van der Waals surface area (Å²) in [5.74, 6) is -1.54. The number of benzene rings is 1. The highest BCUT2D eigenvalue weighted by molar-refractivity contribution is 7.91. The first-order chi connectivity index (χ1) is 12.2. The van der Waals surface area contributed by atoms with Crippen LogP contribution in [0.3, 0.4) is 0 Å². The molecule has 0 radical (unpaired) electrons. The van der Waals surface area contributed by atoms with E-state index in [2.05, 4.69) is 5.32 Å². The summed E-state index contributed by atoms with van der Waals surface area (Å²) < 4.78 is 27.7. The lowest BCUT2D eigenvalue weighted by Crippen LogP contribution is -2.43. The zero-order chi connectivity index (χ0) is 19.2. The van der Waals surface area contributed by atoms with Crippen LogP contribution in [0.4, 0.5) is 0 Å². The molecule has 1 aromatic carbocycles. The molecule has 8 heteroatoms. The van der Waals surface area contributed by atoms with Crippen LogP contribution in [0.1, 0.15) is 25.3 Å². The third-order valence-corrected chi connectivity index (χ3v) is 6.09. The van der Waals surface area contributed by atoms with E-state index in [0.29, 0.717) is 12.8 Å². The van der Waals surface area contributed by atoms with Crippen molar-refractivity contribution in [2.45, 2.75) is 32.2 Å². The molecule has 0 aliphatic carbocycles. The van der Waals surface area contributed by atoms with Crippen molar-refractivity contribution >= 4 is 27.5 Å². The fourth-order valence-corrected chi connectivity index (χ4v) is 4.72. The summed E-state index contributed by atoms with van der Waals surface area (Å²) in [5, 5.41) is 2.57. The topological polar surface area (TPSA) is 107 Å². The monoisotopic (exact) mass is 381 g/mol. The molecule has 7 nitrogen and oxygen atoms in total. The zero-order valence-electron chi connectivity index (χ0n) is 14.6. The Morgan fingerprint density at radius 2 is 1.92 bits per heavy atom. The summed E-state index contributed by atoms with van der Waals surface area (Å²) in [6.45, 7) is 0.900. The van der Waals surface area contributed by atoms with Gasteiger partial charge in [0.15, 0.2) is 22.2 Å².